The Morgan fingerprint density at radius 1 is 1.10 bits per heavy atom. The third-order valence-corrected chi connectivity index (χ3v) is 5.47. The Morgan fingerprint density at radius 2 is 1.87 bits per heavy atom. The van der Waals surface area contributed by atoms with Crippen molar-refractivity contribution in [3.05, 3.63) is 48.0 Å². The third-order valence-electron chi connectivity index (χ3n) is 5.47. The second kappa shape index (κ2) is 8.65. The zero-order valence-corrected chi connectivity index (χ0v) is 17.2. The van der Waals surface area contributed by atoms with Crippen LogP contribution in [0, 0.1) is 12.8 Å². The van der Waals surface area contributed by atoms with Gasteiger partial charge in [0, 0.05) is 30.8 Å². The average Bonchev–Trinajstić information content (AvgIpc) is 3.21. The molecule has 1 atom stereocenters. The summed E-state index contributed by atoms with van der Waals surface area (Å²) >= 11 is 0. The van der Waals surface area contributed by atoms with Crippen LogP contribution in [0.5, 0.6) is 17.2 Å². The summed E-state index contributed by atoms with van der Waals surface area (Å²) in [6, 6.07) is 13.0. The van der Waals surface area contributed by atoms with Gasteiger partial charge in [0.1, 0.15) is 5.75 Å². The van der Waals surface area contributed by atoms with Crippen molar-refractivity contribution in [3.8, 4) is 17.2 Å². The van der Waals surface area contributed by atoms with Crippen LogP contribution in [0.3, 0.4) is 0 Å². The molecule has 0 aromatic heterocycles. The summed E-state index contributed by atoms with van der Waals surface area (Å²) in [6.45, 7) is 5.03. The number of aryl methyl sites for hydroxylation is 1. The van der Waals surface area contributed by atoms with Gasteiger partial charge in [-0.3, -0.25) is 9.59 Å². The number of nitrogens with one attached hydrogen (secondary N) is 1. The molecule has 2 heterocycles. The number of nitrogens with zero attached hydrogens (tertiary/aromatic N) is 1. The van der Waals surface area contributed by atoms with Crippen LogP contribution < -0.4 is 19.5 Å². The highest BCUT2D eigenvalue weighted by Gasteiger charge is 2.30. The number of amides is 2. The van der Waals surface area contributed by atoms with E-state index in [1.54, 1.807) is 30.0 Å². The molecule has 1 unspecified atom stereocenters. The first-order valence-corrected chi connectivity index (χ1v) is 10.2. The lowest BCUT2D eigenvalue weighted by Crippen LogP contribution is -2.46. The summed E-state index contributed by atoms with van der Waals surface area (Å²) < 4.78 is 16.4. The number of carbonyl (C=O) groups excluding carboxylic acids is 2. The van der Waals surface area contributed by atoms with Gasteiger partial charge in [-0.25, -0.2) is 0 Å². The maximum absolute atomic E-state index is 12.7. The minimum atomic E-state index is -0.564. The molecule has 1 saturated heterocycles. The standard InChI is InChI=1S/C23H26N2O5/c1-15-4-3-5-19(12-15)30-16(2)23(27)25-10-8-17(9-11-25)22(26)24-18-6-7-20-21(13-18)29-14-28-20/h3-7,12-13,16-17H,8-11,14H2,1-2H3,(H,24,26). The monoisotopic (exact) mass is 410 g/mol. The van der Waals surface area contributed by atoms with E-state index in [-0.39, 0.29) is 24.5 Å². The lowest BCUT2D eigenvalue weighted by Gasteiger charge is -2.33. The van der Waals surface area contributed by atoms with Crippen molar-refractivity contribution < 1.29 is 23.8 Å². The molecular weight excluding hydrogens is 384 g/mol. The summed E-state index contributed by atoms with van der Waals surface area (Å²) in [5.41, 5.74) is 1.77. The number of anilines is 1. The first-order chi connectivity index (χ1) is 14.5. The molecule has 0 saturated carbocycles. The van der Waals surface area contributed by atoms with Crippen LogP contribution in [-0.2, 0) is 9.59 Å². The summed E-state index contributed by atoms with van der Waals surface area (Å²) in [4.78, 5) is 27.2. The van der Waals surface area contributed by atoms with Gasteiger partial charge >= 0.3 is 0 Å². The van der Waals surface area contributed by atoms with Gasteiger partial charge in [0.15, 0.2) is 17.6 Å². The van der Waals surface area contributed by atoms with Crippen molar-refractivity contribution in [1.82, 2.24) is 4.90 Å². The molecule has 30 heavy (non-hydrogen) atoms. The van der Waals surface area contributed by atoms with E-state index in [0.29, 0.717) is 48.9 Å². The Morgan fingerprint density at radius 3 is 2.63 bits per heavy atom. The van der Waals surface area contributed by atoms with Crippen molar-refractivity contribution in [2.45, 2.75) is 32.8 Å². The van der Waals surface area contributed by atoms with Crippen LogP contribution in [0.25, 0.3) is 0 Å². The minimum Gasteiger partial charge on any atom is -0.481 e. The number of fused-ring (bicyclic) bond motifs is 1. The molecule has 0 aliphatic carbocycles. The molecule has 4 rings (SSSR count). The first-order valence-electron chi connectivity index (χ1n) is 10.2. The minimum absolute atomic E-state index is 0.0370. The largest absolute Gasteiger partial charge is 0.481 e. The van der Waals surface area contributed by atoms with E-state index < -0.39 is 6.10 Å². The highest BCUT2D eigenvalue weighted by atomic mass is 16.7. The summed E-state index contributed by atoms with van der Waals surface area (Å²) in [5, 5.41) is 2.94. The topological polar surface area (TPSA) is 77.1 Å². The Hall–Kier alpha value is -3.22. The Bertz CT molecular complexity index is 937. The van der Waals surface area contributed by atoms with Crippen LogP contribution in [0.2, 0.25) is 0 Å². The van der Waals surface area contributed by atoms with Gasteiger partial charge in [-0.05, 0) is 56.5 Å². The SMILES string of the molecule is Cc1cccc(OC(C)C(=O)N2CCC(C(=O)Nc3ccc4c(c3)OCO4)CC2)c1. The molecule has 2 aliphatic heterocycles. The van der Waals surface area contributed by atoms with Gasteiger partial charge in [-0.2, -0.15) is 0 Å². The van der Waals surface area contributed by atoms with Crippen LogP contribution in [0.1, 0.15) is 25.3 Å². The molecule has 2 aromatic carbocycles. The van der Waals surface area contributed by atoms with Gasteiger partial charge in [-0.1, -0.05) is 12.1 Å². The van der Waals surface area contributed by atoms with E-state index in [0.717, 1.165) is 5.56 Å². The Balaban J connectivity index is 1.27. The number of piperidine rings is 1. The predicted octanol–water partition coefficient (Wildman–Crippen LogP) is 3.37. The van der Waals surface area contributed by atoms with Gasteiger partial charge in [-0.15, -0.1) is 0 Å². The summed E-state index contributed by atoms with van der Waals surface area (Å²) in [7, 11) is 0. The highest BCUT2D eigenvalue weighted by Crippen LogP contribution is 2.34. The summed E-state index contributed by atoms with van der Waals surface area (Å²) in [6.07, 6.45) is 0.685. The molecule has 7 nitrogen and oxygen atoms in total. The maximum atomic E-state index is 12.7. The number of carbonyl (C=O) groups is 2. The van der Waals surface area contributed by atoms with Gasteiger partial charge < -0.3 is 24.4 Å². The fourth-order valence-corrected chi connectivity index (χ4v) is 3.78. The molecule has 2 aromatic rings. The molecule has 2 amide bonds. The second-order valence-electron chi connectivity index (χ2n) is 7.73. The molecule has 0 spiro atoms. The van der Waals surface area contributed by atoms with Gasteiger partial charge in [0.25, 0.3) is 5.91 Å². The first kappa shape index (κ1) is 20.1. The molecule has 0 radical (unpaired) electrons. The normalized spacial score (nSPS) is 16.8. The number of ether oxygens (including phenoxy) is 3. The lowest BCUT2D eigenvalue weighted by molar-refractivity contribution is -0.140. The number of hydrogen-bond acceptors (Lipinski definition) is 5. The smallest absolute Gasteiger partial charge is 0.263 e. The van der Waals surface area contributed by atoms with Crippen molar-refractivity contribution in [1.29, 1.82) is 0 Å². The molecule has 7 heteroatoms. The van der Waals surface area contributed by atoms with Gasteiger partial charge in [0.05, 0.1) is 0 Å². The number of rotatable bonds is 5. The zero-order chi connectivity index (χ0) is 21.1. The fourth-order valence-electron chi connectivity index (χ4n) is 3.78. The highest BCUT2D eigenvalue weighted by molar-refractivity contribution is 5.93. The predicted molar refractivity (Wildman–Crippen MR) is 112 cm³/mol. The fraction of sp³-hybridized carbons (Fsp3) is 0.391. The molecule has 1 N–H and O–H groups in total. The quantitative estimate of drug-likeness (QED) is 0.818. The van der Waals surface area contributed by atoms with Crippen LogP contribution in [0.15, 0.2) is 42.5 Å². The molecule has 2 aliphatic rings. The molecule has 158 valence electrons. The van der Waals surface area contributed by atoms with Crippen molar-refractivity contribution in [2.75, 3.05) is 25.2 Å². The van der Waals surface area contributed by atoms with E-state index in [4.69, 9.17) is 14.2 Å². The lowest BCUT2D eigenvalue weighted by atomic mass is 9.95. The zero-order valence-electron chi connectivity index (χ0n) is 17.2. The third kappa shape index (κ3) is 4.50. The van der Waals surface area contributed by atoms with Crippen LogP contribution >= 0.6 is 0 Å². The molecule has 0 bridgehead atoms. The van der Waals surface area contributed by atoms with E-state index >= 15 is 0 Å². The summed E-state index contributed by atoms with van der Waals surface area (Å²) in [5.74, 6) is 1.79. The van der Waals surface area contributed by atoms with Crippen molar-refractivity contribution >= 4 is 17.5 Å². The second-order valence-corrected chi connectivity index (χ2v) is 7.73. The number of benzene rings is 2. The van der Waals surface area contributed by atoms with E-state index in [1.165, 1.54) is 0 Å². The van der Waals surface area contributed by atoms with Crippen LogP contribution in [-0.4, -0.2) is 42.7 Å². The Kier molecular flexibility index (Phi) is 5.79. The van der Waals surface area contributed by atoms with E-state index in [9.17, 15) is 9.59 Å². The van der Waals surface area contributed by atoms with Crippen molar-refractivity contribution in [3.63, 3.8) is 0 Å². The molecular formula is C23H26N2O5. The average molecular weight is 410 g/mol. The number of likely N-dealkylation sites (tertiary alicyclic amines) is 1. The van der Waals surface area contributed by atoms with Crippen molar-refractivity contribution in [2.24, 2.45) is 5.92 Å². The maximum Gasteiger partial charge on any atom is 0.263 e. The Labute approximate surface area is 175 Å². The number of hydrogen-bond donors (Lipinski definition) is 1. The molecule has 1 fully saturated rings. The van der Waals surface area contributed by atoms with E-state index in [2.05, 4.69) is 5.32 Å². The van der Waals surface area contributed by atoms with Gasteiger partial charge in [0.2, 0.25) is 12.7 Å². The van der Waals surface area contributed by atoms with Crippen LogP contribution in [0.4, 0.5) is 5.69 Å². The van der Waals surface area contributed by atoms with E-state index in [1.807, 2.05) is 31.2 Å².